The minimum absolute atomic E-state index is 0.115. The highest BCUT2D eigenvalue weighted by atomic mass is 32.2. The van der Waals surface area contributed by atoms with Gasteiger partial charge in [-0.05, 0) is 24.6 Å². The van der Waals surface area contributed by atoms with E-state index in [0.717, 1.165) is 11.1 Å². The molecule has 0 saturated carbocycles. The predicted molar refractivity (Wildman–Crippen MR) is 89.9 cm³/mol. The van der Waals surface area contributed by atoms with Crippen LogP contribution in [0.3, 0.4) is 0 Å². The maximum atomic E-state index is 14.2. The van der Waals surface area contributed by atoms with Crippen molar-refractivity contribution in [3.05, 3.63) is 65.7 Å². The van der Waals surface area contributed by atoms with Crippen LogP contribution in [0.5, 0.6) is 0 Å². The van der Waals surface area contributed by atoms with Gasteiger partial charge < -0.3 is 0 Å². The van der Waals surface area contributed by atoms with Crippen molar-refractivity contribution in [1.82, 2.24) is 4.90 Å². The van der Waals surface area contributed by atoms with E-state index in [0.29, 0.717) is 6.54 Å². The third-order valence-corrected chi connectivity index (χ3v) is 5.47. The van der Waals surface area contributed by atoms with Crippen molar-refractivity contribution in [1.29, 1.82) is 0 Å². The zero-order chi connectivity index (χ0) is 18.1. The Bertz CT molecular complexity index is 823. The molecule has 7 heteroatoms. The van der Waals surface area contributed by atoms with Crippen molar-refractivity contribution in [3.63, 3.8) is 0 Å². The molecule has 1 fully saturated rings. The Balaban J connectivity index is 1.72. The molecule has 0 unspecified atom stereocenters. The van der Waals surface area contributed by atoms with E-state index in [2.05, 4.69) is 0 Å². The van der Waals surface area contributed by atoms with Gasteiger partial charge in [0.15, 0.2) is 6.10 Å². The molecule has 0 N–H and O–H groups in total. The van der Waals surface area contributed by atoms with E-state index >= 15 is 0 Å². The van der Waals surface area contributed by atoms with E-state index in [1.165, 1.54) is 17.0 Å². The summed E-state index contributed by atoms with van der Waals surface area (Å²) >= 11 is 0. The summed E-state index contributed by atoms with van der Waals surface area (Å²) in [4.78, 5) is 1.39. The van der Waals surface area contributed by atoms with Crippen molar-refractivity contribution < 1.29 is 21.4 Å². The Kier molecular flexibility index (Phi) is 4.90. The molecule has 0 amide bonds. The minimum atomic E-state index is -4.23. The summed E-state index contributed by atoms with van der Waals surface area (Å²) < 4.78 is 57.9. The molecule has 134 valence electrons. The van der Waals surface area contributed by atoms with Crippen LogP contribution in [-0.4, -0.2) is 38.4 Å². The standard InChI is InChI=1S/C18H19F2NO3S/c1-14-7-9-16(10-8-14)25(22,23)24-17-12-21(13-18(17,19)20)11-15-5-3-2-4-6-15/h2-10,17H,11-13H2,1H3/t17-/m1/s1. The van der Waals surface area contributed by atoms with Crippen molar-refractivity contribution >= 4 is 10.1 Å². The van der Waals surface area contributed by atoms with Gasteiger partial charge in [-0.3, -0.25) is 9.08 Å². The van der Waals surface area contributed by atoms with Gasteiger partial charge in [0.25, 0.3) is 16.0 Å². The van der Waals surface area contributed by atoms with Gasteiger partial charge >= 0.3 is 0 Å². The van der Waals surface area contributed by atoms with Crippen LogP contribution >= 0.6 is 0 Å². The fraction of sp³-hybridized carbons (Fsp3) is 0.333. The molecule has 1 heterocycles. The summed E-state index contributed by atoms with van der Waals surface area (Å²) in [6.45, 7) is 1.45. The van der Waals surface area contributed by atoms with Crippen molar-refractivity contribution in [2.75, 3.05) is 13.1 Å². The van der Waals surface area contributed by atoms with Gasteiger partial charge in [-0.25, -0.2) is 8.78 Å². The van der Waals surface area contributed by atoms with Crippen LogP contribution < -0.4 is 0 Å². The average Bonchev–Trinajstić information content (AvgIpc) is 2.81. The number of benzene rings is 2. The van der Waals surface area contributed by atoms with E-state index in [-0.39, 0.29) is 11.4 Å². The fourth-order valence-electron chi connectivity index (χ4n) is 2.81. The zero-order valence-corrected chi connectivity index (χ0v) is 14.5. The van der Waals surface area contributed by atoms with Crippen LogP contribution in [0, 0.1) is 6.92 Å². The van der Waals surface area contributed by atoms with Gasteiger partial charge in [-0.15, -0.1) is 0 Å². The molecule has 1 aliphatic rings. The number of aryl methyl sites for hydroxylation is 1. The maximum Gasteiger partial charge on any atom is 0.297 e. The summed E-state index contributed by atoms with van der Waals surface area (Å²) in [7, 11) is -4.23. The maximum absolute atomic E-state index is 14.2. The van der Waals surface area contributed by atoms with E-state index in [1.54, 1.807) is 12.1 Å². The first-order valence-corrected chi connectivity index (χ1v) is 9.31. The number of halogens is 2. The molecule has 0 bridgehead atoms. The molecule has 3 rings (SSSR count). The monoisotopic (exact) mass is 367 g/mol. The van der Waals surface area contributed by atoms with Crippen molar-refractivity contribution in [2.24, 2.45) is 0 Å². The number of likely N-dealkylation sites (tertiary alicyclic amines) is 1. The fourth-order valence-corrected chi connectivity index (χ4v) is 3.90. The molecule has 1 saturated heterocycles. The third-order valence-electron chi connectivity index (χ3n) is 4.13. The van der Waals surface area contributed by atoms with Crippen LogP contribution in [0.25, 0.3) is 0 Å². The van der Waals surface area contributed by atoms with E-state index in [9.17, 15) is 17.2 Å². The summed E-state index contributed by atoms with van der Waals surface area (Å²) in [5.74, 6) is -3.23. The largest absolute Gasteiger partial charge is 0.297 e. The van der Waals surface area contributed by atoms with Gasteiger partial charge in [0.2, 0.25) is 0 Å². The summed E-state index contributed by atoms with van der Waals surface area (Å²) in [6, 6.07) is 15.1. The zero-order valence-electron chi connectivity index (χ0n) is 13.7. The lowest BCUT2D eigenvalue weighted by atomic mass is 10.2. The first kappa shape index (κ1) is 18.0. The van der Waals surface area contributed by atoms with Crippen LogP contribution in [0.2, 0.25) is 0 Å². The number of hydrogen-bond donors (Lipinski definition) is 0. The second-order valence-electron chi connectivity index (χ2n) is 6.27. The summed E-state index contributed by atoms with van der Waals surface area (Å²) in [5.41, 5.74) is 1.76. The molecule has 0 radical (unpaired) electrons. The van der Waals surface area contributed by atoms with Gasteiger partial charge in [0.1, 0.15) is 0 Å². The smallest absolute Gasteiger partial charge is 0.290 e. The molecule has 1 atom stereocenters. The van der Waals surface area contributed by atoms with Crippen LogP contribution in [0.4, 0.5) is 8.78 Å². The van der Waals surface area contributed by atoms with E-state index < -0.39 is 28.7 Å². The Morgan fingerprint density at radius 3 is 2.40 bits per heavy atom. The normalized spacial score (nSPS) is 20.7. The lowest BCUT2D eigenvalue weighted by Gasteiger charge is -2.17. The predicted octanol–water partition coefficient (Wildman–Crippen LogP) is 3.22. The summed E-state index contributed by atoms with van der Waals surface area (Å²) in [6.07, 6.45) is -1.69. The molecule has 2 aromatic carbocycles. The lowest BCUT2D eigenvalue weighted by Crippen LogP contribution is -2.35. The van der Waals surface area contributed by atoms with Crippen molar-refractivity contribution in [3.8, 4) is 0 Å². The minimum Gasteiger partial charge on any atom is -0.290 e. The van der Waals surface area contributed by atoms with Gasteiger partial charge in [-0.1, -0.05) is 48.0 Å². The summed E-state index contributed by atoms with van der Waals surface area (Å²) in [5, 5.41) is 0. The van der Waals surface area contributed by atoms with Crippen LogP contribution in [0.15, 0.2) is 59.5 Å². The highest BCUT2D eigenvalue weighted by Crippen LogP contribution is 2.33. The van der Waals surface area contributed by atoms with Gasteiger partial charge in [0, 0.05) is 13.1 Å². The Morgan fingerprint density at radius 2 is 1.76 bits per heavy atom. The Morgan fingerprint density at radius 1 is 1.12 bits per heavy atom. The van der Waals surface area contributed by atoms with E-state index in [1.807, 2.05) is 37.3 Å². The molecular weight excluding hydrogens is 348 g/mol. The average molecular weight is 367 g/mol. The number of alkyl halides is 2. The topological polar surface area (TPSA) is 46.6 Å². The van der Waals surface area contributed by atoms with Crippen molar-refractivity contribution in [2.45, 2.75) is 30.4 Å². The van der Waals surface area contributed by atoms with Gasteiger partial charge in [0.05, 0.1) is 11.4 Å². The molecule has 0 spiro atoms. The molecule has 1 aliphatic heterocycles. The van der Waals surface area contributed by atoms with E-state index in [4.69, 9.17) is 4.18 Å². The molecule has 25 heavy (non-hydrogen) atoms. The number of rotatable bonds is 5. The molecule has 0 aromatic heterocycles. The highest BCUT2D eigenvalue weighted by Gasteiger charge is 2.51. The number of nitrogens with zero attached hydrogens (tertiary/aromatic N) is 1. The SMILES string of the molecule is Cc1ccc(S(=O)(=O)O[C@@H]2CN(Cc3ccccc3)CC2(F)F)cc1. The second kappa shape index (κ2) is 6.82. The Labute approximate surface area is 146 Å². The quantitative estimate of drug-likeness (QED) is 0.762. The third kappa shape index (κ3) is 4.23. The first-order valence-electron chi connectivity index (χ1n) is 7.90. The first-order chi connectivity index (χ1) is 11.8. The molecule has 4 nitrogen and oxygen atoms in total. The highest BCUT2D eigenvalue weighted by molar-refractivity contribution is 7.86. The van der Waals surface area contributed by atoms with Gasteiger partial charge in [-0.2, -0.15) is 8.42 Å². The second-order valence-corrected chi connectivity index (χ2v) is 7.84. The molecule has 0 aliphatic carbocycles. The van der Waals surface area contributed by atoms with Crippen LogP contribution in [0.1, 0.15) is 11.1 Å². The van der Waals surface area contributed by atoms with Crippen LogP contribution in [-0.2, 0) is 20.8 Å². The molecule has 2 aromatic rings. The molecular formula is C18H19F2NO3S. The lowest BCUT2D eigenvalue weighted by molar-refractivity contribution is -0.0599. The number of hydrogen-bond acceptors (Lipinski definition) is 4. The Hall–Kier alpha value is -1.83.